The summed E-state index contributed by atoms with van der Waals surface area (Å²) in [5, 5.41) is 2.88. The van der Waals surface area contributed by atoms with E-state index in [0.29, 0.717) is 23.8 Å². The molecule has 0 atom stereocenters. The molecule has 0 spiro atoms. The fourth-order valence-electron chi connectivity index (χ4n) is 1.59. The van der Waals surface area contributed by atoms with Crippen molar-refractivity contribution in [3.05, 3.63) is 24.0 Å². The minimum absolute atomic E-state index is 0.137. The Morgan fingerprint density at radius 2 is 2.26 bits per heavy atom. The molecule has 0 radical (unpaired) electrons. The Bertz CT molecular complexity index is 408. The molecule has 4 N–H and O–H groups in total. The number of aromatic nitrogens is 1. The van der Waals surface area contributed by atoms with Crippen LogP contribution in [-0.4, -0.2) is 42.0 Å². The number of anilines is 1. The third kappa shape index (κ3) is 4.84. The number of carbonyl (C=O) groups is 1. The second kappa shape index (κ2) is 7.70. The summed E-state index contributed by atoms with van der Waals surface area (Å²) in [5.41, 5.74) is 3.50. The van der Waals surface area contributed by atoms with Crippen molar-refractivity contribution >= 4 is 11.6 Å². The first-order valence-corrected chi connectivity index (χ1v) is 6.45. The molecule has 1 rings (SSSR count). The number of rotatable bonds is 7. The normalized spacial score (nSPS) is 10.8. The SMILES string of the molecule is CC(C)N(C)CCCNC(=O)c1ccncc1NN. The molecule has 0 aromatic carbocycles. The van der Waals surface area contributed by atoms with Crippen molar-refractivity contribution in [2.24, 2.45) is 5.84 Å². The van der Waals surface area contributed by atoms with Crippen molar-refractivity contribution in [3.8, 4) is 0 Å². The highest BCUT2D eigenvalue weighted by molar-refractivity contribution is 5.99. The fourth-order valence-corrected chi connectivity index (χ4v) is 1.59. The molecule has 0 saturated carbocycles. The van der Waals surface area contributed by atoms with E-state index in [0.717, 1.165) is 13.0 Å². The summed E-state index contributed by atoms with van der Waals surface area (Å²) < 4.78 is 0. The molecule has 0 aliphatic heterocycles. The van der Waals surface area contributed by atoms with Gasteiger partial charge in [0.2, 0.25) is 0 Å². The van der Waals surface area contributed by atoms with Gasteiger partial charge in [0, 0.05) is 18.8 Å². The van der Waals surface area contributed by atoms with Crippen molar-refractivity contribution < 1.29 is 4.79 Å². The second-order valence-corrected chi connectivity index (χ2v) is 4.75. The maximum atomic E-state index is 12.0. The molecule has 0 bridgehead atoms. The zero-order chi connectivity index (χ0) is 14.3. The van der Waals surface area contributed by atoms with Crippen molar-refractivity contribution in [1.29, 1.82) is 0 Å². The highest BCUT2D eigenvalue weighted by atomic mass is 16.1. The average Bonchev–Trinajstić information content (AvgIpc) is 2.42. The number of hydrazine groups is 1. The van der Waals surface area contributed by atoms with Crippen molar-refractivity contribution in [3.63, 3.8) is 0 Å². The van der Waals surface area contributed by atoms with Gasteiger partial charge in [-0.05, 0) is 39.9 Å². The van der Waals surface area contributed by atoms with Gasteiger partial charge in [0.25, 0.3) is 5.91 Å². The van der Waals surface area contributed by atoms with E-state index in [9.17, 15) is 4.79 Å². The maximum Gasteiger partial charge on any atom is 0.253 e. The van der Waals surface area contributed by atoms with Gasteiger partial charge in [0.15, 0.2) is 0 Å². The van der Waals surface area contributed by atoms with Crippen LogP contribution in [-0.2, 0) is 0 Å². The summed E-state index contributed by atoms with van der Waals surface area (Å²) in [6, 6.07) is 2.16. The van der Waals surface area contributed by atoms with Gasteiger partial charge in [0.05, 0.1) is 17.4 Å². The van der Waals surface area contributed by atoms with Crippen LogP contribution in [0.5, 0.6) is 0 Å². The first-order valence-electron chi connectivity index (χ1n) is 6.45. The summed E-state index contributed by atoms with van der Waals surface area (Å²) in [5.74, 6) is 5.20. The molecule has 6 nitrogen and oxygen atoms in total. The molecule has 106 valence electrons. The van der Waals surface area contributed by atoms with Crippen LogP contribution >= 0.6 is 0 Å². The number of nitrogens with two attached hydrogens (primary N) is 1. The minimum Gasteiger partial charge on any atom is -0.352 e. The molecule has 1 aromatic rings. The van der Waals surface area contributed by atoms with E-state index < -0.39 is 0 Å². The van der Waals surface area contributed by atoms with Gasteiger partial charge in [-0.1, -0.05) is 0 Å². The smallest absolute Gasteiger partial charge is 0.253 e. The fraction of sp³-hybridized carbons (Fsp3) is 0.538. The molecule has 0 aliphatic rings. The van der Waals surface area contributed by atoms with E-state index in [1.54, 1.807) is 12.3 Å². The number of carbonyl (C=O) groups excluding carboxylic acids is 1. The molecule has 1 aromatic heterocycles. The lowest BCUT2D eigenvalue weighted by Crippen LogP contribution is -2.31. The van der Waals surface area contributed by atoms with Gasteiger partial charge in [-0.3, -0.25) is 15.6 Å². The molecule has 1 heterocycles. The zero-order valence-corrected chi connectivity index (χ0v) is 11.8. The van der Waals surface area contributed by atoms with Crippen LogP contribution in [0, 0.1) is 0 Å². The van der Waals surface area contributed by atoms with E-state index >= 15 is 0 Å². The number of nitrogens with zero attached hydrogens (tertiary/aromatic N) is 2. The molecule has 1 amide bonds. The lowest BCUT2D eigenvalue weighted by atomic mass is 10.2. The number of hydrogen-bond donors (Lipinski definition) is 3. The maximum absolute atomic E-state index is 12.0. The number of hydrogen-bond acceptors (Lipinski definition) is 5. The molecule has 19 heavy (non-hydrogen) atoms. The van der Waals surface area contributed by atoms with Gasteiger partial charge < -0.3 is 15.6 Å². The van der Waals surface area contributed by atoms with Crippen molar-refractivity contribution in [2.45, 2.75) is 26.3 Å². The van der Waals surface area contributed by atoms with E-state index in [4.69, 9.17) is 5.84 Å². The van der Waals surface area contributed by atoms with Crippen LogP contribution in [0.25, 0.3) is 0 Å². The first-order chi connectivity index (χ1) is 9.06. The van der Waals surface area contributed by atoms with Crippen molar-refractivity contribution in [1.82, 2.24) is 15.2 Å². The summed E-state index contributed by atoms with van der Waals surface area (Å²) in [6.07, 6.45) is 4.01. The second-order valence-electron chi connectivity index (χ2n) is 4.75. The Labute approximate surface area is 114 Å². The van der Waals surface area contributed by atoms with Crippen LogP contribution in [0.1, 0.15) is 30.6 Å². The summed E-state index contributed by atoms with van der Waals surface area (Å²) in [4.78, 5) is 18.1. The molecular weight excluding hydrogens is 242 g/mol. The molecule has 0 aliphatic carbocycles. The summed E-state index contributed by atoms with van der Waals surface area (Å²) >= 11 is 0. The Balaban J connectivity index is 2.39. The Hall–Kier alpha value is -1.66. The van der Waals surface area contributed by atoms with E-state index in [1.807, 2.05) is 0 Å². The Morgan fingerprint density at radius 1 is 1.53 bits per heavy atom. The predicted molar refractivity (Wildman–Crippen MR) is 76.8 cm³/mol. The highest BCUT2D eigenvalue weighted by Gasteiger charge is 2.10. The quantitative estimate of drug-likeness (QED) is 0.386. The molecule has 0 fully saturated rings. The number of amides is 1. The van der Waals surface area contributed by atoms with Crippen LogP contribution in [0.3, 0.4) is 0 Å². The van der Waals surface area contributed by atoms with Crippen LogP contribution in [0.4, 0.5) is 5.69 Å². The van der Waals surface area contributed by atoms with Gasteiger partial charge in [-0.15, -0.1) is 0 Å². The Morgan fingerprint density at radius 3 is 2.89 bits per heavy atom. The number of pyridine rings is 1. The summed E-state index contributed by atoms with van der Waals surface area (Å²) in [6.45, 7) is 5.89. The van der Waals surface area contributed by atoms with Gasteiger partial charge in [-0.2, -0.15) is 0 Å². The Kier molecular flexibility index (Phi) is 6.24. The third-order valence-corrected chi connectivity index (χ3v) is 3.08. The monoisotopic (exact) mass is 265 g/mol. The van der Waals surface area contributed by atoms with E-state index in [2.05, 4.69) is 41.5 Å². The van der Waals surface area contributed by atoms with Crippen LogP contribution in [0.2, 0.25) is 0 Å². The predicted octanol–water partition coefficient (Wildman–Crippen LogP) is 0.827. The lowest BCUT2D eigenvalue weighted by molar-refractivity contribution is 0.0952. The van der Waals surface area contributed by atoms with Gasteiger partial charge in [-0.25, -0.2) is 0 Å². The van der Waals surface area contributed by atoms with Gasteiger partial charge >= 0.3 is 0 Å². The molecule has 0 unspecified atom stereocenters. The molecular formula is C13H23N5O. The third-order valence-electron chi connectivity index (χ3n) is 3.08. The average molecular weight is 265 g/mol. The summed E-state index contributed by atoms with van der Waals surface area (Å²) in [7, 11) is 2.08. The largest absolute Gasteiger partial charge is 0.352 e. The van der Waals surface area contributed by atoms with E-state index in [-0.39, 0.29) is 5.91 Å². The topological polar surface area (TPSA) is 83.3 Å². The molecule has 0 saturated heterocycles. The number of nitrogen functional groups attached to an aromatic ring is 1. The van der Waals surface area contributed by atoms with Crippen LogP contribution in [0.15, 0.2) is 18.5 Å². The molecule has 6 heteroatoms. The minimum atomic E-state index is -0.137. The van der Waals surface area contributed by atoms with Crippen LogP contribution < -0.4 is 16.6 Å². The van der Waals surface area contributed by atoms with Crippen molar-refractivity contribution in [2.75, 3.05) is 25.6 Å². The standard InChI is InChI=1S/C13H23N5O/c1-10(2)18(3)8-4-6-16-13(19)11-5-7-15-9-12(11)17-14/h5,7,9-10,17H,4,6,8,14H2,1-3H3,(H,16,19). The number of nitrogens with one attached hydrogen (secondary N) is 2. The zero-order valence-electron chi connectivity index (χ0n) is 11.8. The van der Waals surface area contributed by atoms with Gasteiger partial charge in [0.1, 0.15) is 0 Å². The first kappa shape index (κ1) is 15.4. The van der Waals surface area contributed by atoms with E-state index in [1.165, 1.54) is 6.20 Å². The lowest BCUT2D eigenvalue weighted by Gasteiger charge is -2.20. The highest BCUT2D eigenvalue weighted by Crippen LogP contribution is 2.11.